The van der Waals surface area contributed by atoms with E-state index in [-0.39, 0.29) is 13.0 Å². The highest BCUT2D eigenvalue weighted by Gasteiger charge is 2.68. The van der Waals surface area contributed by atoms with E-state index in [1.807, 2.05) is 18.2 Å². The number of fused-ring (bicyclic) bond motifs is 2. The maximum absolute atomic E-state index is 12.1. The summed E-state index contributed by atoms with van der Waals surface area (Å²) in [6.07, 6.45) is 2.98. The van der Waals surface area contributed by atoms with E-state index in [0.717, 1.165) is 32.1 Å². The molecule has 2 aliphatic rings. The fourth-order valence-electron chi connectivity index (χ4n) is 4.02. The zero-order valence-corrected chi connectivity index (χ0v) is 15.2. The smallest absolute Gasteiger partial charge is 0.341 e. The Balaban J connectivity index is 1.49. The summed E-state index contributed by atoms with van der Waals surface area (Å²) in [4.78, 5) is 12.1. The molecule has 2 N–H and O–H groups in total. The van der Waals surface area contributed by atoms with Gasteiger partial charge in [0.1, 0.15) is 12.2 Å². The summed E-state index contributed by atoms with van der Waals surface area (Å²) < 4.78 is 16.3. The summed E-state index contributed by atoms with van der Waals surface area (Å²) in [6.45, 7) is 0.247. The average Bonchev–Trinajstić information content (AvgIpc) is 2.83. The highest BCUT2D eigenvalue weighted by Crippen LogP contribution is 2.48. The number of benzene rings is 1. The minimum absolute atomic E-state index is 0.177. The van der Waals surface area contributed by atoms with Crippen LogP contribution in [0.25, 0.3) is 0 Å². The van der Waals surface area contributed by atoms with Crippen molar-refractivity contribution in [2.75, 3.05) is 13.7 Å². The number of carbonyl (C=O) groups is 1. The first-order valence-corrected chi connectivity index (χ1v) is 9.37. The standard InChI is InChI=1S/C20H28O6/c1-24-18(23)19-13-14-25-20(26-19,17(22)16(19)21)12-8-3-2-5-9-15-10-6-4-7-11-15/h4,6-7,10-11,16-17,21-22H,2-3,5,8-9,12-14H2,1H3/t16-,17-,19+,20?/m1/s1. The van der Waals surface area contributed by atoms with Crippen molar-refractivity contribution in [3.8, 4) is 0 Å². The summed E-state index contributed by atoms with van der Waals surface area (Å²) in [5, 5.41) is 20.9. The zero-order valence-electron chi connectivity index (χ0n) is 15.2. The van der Waals surface area contributed by atoms with Gasteiger partial charge in [-0.25, -0.2) is 4.79 Å². The third kappa shape index (κ3) is 3.51. The van der Waals surface area contributed by atoms with Gasteiger partial charge in [-0.3, -0.25) is 0 Å². The largest absolute Gasteiger partial charge is 0.467 e. The molecule has 2 saturated heterocycles. The van der Waals surface area contributed by atoms with Gasteiger partial charge < -0.3 is 24.4 Å². The molecule has 0 amide bonds. The summed E-state index contributed by atoms with van der Waals surface area (Å²) in [6, 6.07) is 10.4. The number of carbonyl (C=O) groups excluding carboxylic acids is 1. The Bertz CT molecular complexity index is 606. The van der Waals surface area contributed by atoms with E-state index in [2.05, 4.69) is 12.1 Å². The van der Waals surface area contributed by atoms with Crippen LogP contribution in [0, 0.1) is 0 Å². The van der Waals surface area contributed by atoms with Crippen molar-refractivity contribution < 1.29 is 29.2 Å². The fraction of sp³-hybridized carbons (Fsp3) is 0.650. The van der Waals surface area contributed by atoms with Gasteiger partial charge in [0.25, 0.3) is 0 Å². The Morgan fingerprint density at radius 2 is 1.88 bits per heavy atom. The number of hydrogen-bond acceptors (Lipinski definition) is 6. The number of aryl methyl sites for hydroxylation is 1. The van der Waals surface area contributed by atoms with Crippen molar-refractivity contribution in [1.29, 1.82) is 0 Å². The van der Waals surface area contributed by atoms with Gasteiger partial charge in [-0.1, -0.05) is 43.2 Å². The van der Waals surface area contributed by atoms with E-state index in [1.54, 1.807) is 0 Å². The minimum atomic E-state index is -1.51. The predicted octanol–water partition coefficient (Wildman–Crippen LogP) is 1.96. The number of ether oxygens (including phenoxy) is 3. The number of esters is 1. The molecule has 2 fully saturated rings. The van der Waals surface area contributed by atoms with E-state index in [1.165, 1.54) is 12.7 Å². The molecule has 4 atom stereocenters. The predicted molar refractivity (Wildman–Crippen MR) is 94.4 cm³/mol. The molecular formula is C20H28O6. The van der Waals surface area contributed by atoms with Crippen LogP contribution >= 0.6 is 0 Å². The van der Waals surface area contributed by atoms with Crippen molar-refractivity contribution >= 4 is 5.97 Å². The van der Waals surface area contributed by atoms with Gasteiger partial charge in [-0.05, 0) is 24.8 Å². The molecule has 0 aromatic heterocycles. The van der Waals surface area contributed by atoms with Crippen molar-refractivity contribution in [2.24, 2.45) is 0 Å². The number of methoxy groups -OCH3 is 1. The molecule has 0 spiro atoms. The molecule has 1 aromatic carbocycles. The van der Waals surface area contributed by atoms with Gasteiger partial charge in [-0.15, -0.1) is 0 Å². The van der Waals surface area contributed by atoms with Gasteiger partial charge in [0.15, 0.2) is 11.4 Å². The molecule has 6 heteroatoms. The van der Waals surface area contributed by atoms with E-state index < -0.39 is 29.6 Å². The van der Waals surface area contributed by atoms with Crippen molar-refractivity contribution in [1.82, 2.24) is 0 Å². The number of unbranched alkanes of at least 4 members (excludes halogenated alkanes) is 3. The number of hydrogen-bond donors (Lipinski definition) is 2. The normalized spacial score (nSPS) is 33.2. The first-order valence-electron chi connectivity index (χ1n) is 9.37. The SMILES string of the molecule is COC(=O)[C@@]12CCOC(CCCCCCc3ccccc3)(O1)[C@H](O)[C@H]2O. The lowest BCUT2D eigenvalue weighted by molar-refractivity contribution is -0.309. The van der Waals surface area contributed by atoms with Crippen LogP contribution in [0.15, 0.2) is 30.3 Å². The Kier molecular flexibility index (Phi) is 5.97. The second-order valence-corrected chi connectivity index (χ2v) is 7.18. The topological polar surface area (TPSA) is 85.2 Å². The van der Waals surface area contributed by atoms with Gasteiger partial charge in [0, 0.05) is 12.8 Å². The van der Waals surface area contributed by atoms with Crippen LogP contribution in [-0.4, -0.2) is 53.5 Å². The monoisotopic (exact) mass is 364 g/mol. The van der Waals surface area contributed by atoms with Crippen LogP contribution in [0.1, 0.15) is 44.1 Å². The second-order valence-electron chi connectivity index (χ2n) is 7.18. The van der Waals surface area contributed by atoms with Crippen LogP contribution in [-0.2, 0) is 25.4 Å². The van der Waals surface area contributed by atoms with E-state index >= 15 is 0 Å². The summed E-state index contributed by atoms with van der Waals surface area (Å²) in [7, 11) is 1.25. The summed E-state index contributed by atoms with van der Waals surface area (Å²) >= 11 is 0. The van der Waals surface area contributed by atoms with Gasteiger partial charge in [-0.2, -0.15) is 0 Å². The molecule has 2 bridgehead atoms. The van der Waals surface area contributed by atoms with Crippen LogP contribution < -0.4 is 0 Å². The number of aliphatic hydroxyl groups is 2. The number of aliphatic hydroxyl groups excluding tert-OH is 2. The number of rotatable bonds is 8. The molecule has 3 rings (SSSR count). The molecular weight excluding hydrogens is 336 g/mol. The van der Waals surface area contributed by atoms with Crippen LogP contribution in [0.3, 0.4) is 0 Å². The first-order chi connectivity index (χ1) is 12.5. The summed E-state index contributed by atoms with van der Waals surface area (Å²) in [5.41, 5.74) is -0.179. The first kappa shape index (κ1) is 19.3. The Morgan fingerprint density at radius 1 is 1.15 bits per heavy atom. The maximum atomic E-state index is 12.1. The molecule has 144 valence electrons. The lowest BCUT2D eigenvalue weighted by Crippen LogP contribution is -2.53. The zero-order chi connectivity index (χ0) is 18.6. The molecule has 1 aromatic rings. The average molecular weight is 364 g/mol. The lowest BCUT2D eigenvalue weighted by atomic mass is 9.91. The minimum Gasteiger partial charge on any atom is -0.467 e. The molecule has 0 aliphatic carbocycles. The Labute approximate surface area is 154 Å². The van der Waals surface area contributed by atoms with Crippen molar-refractivity contribution in [2.45, 2.75) is 68.5 Å². The van der Waals surface area contributed by atoms with Gasteiger partial charge >= 0.3 is 5.97 Å². The van der Waals surface area contributed by atoms with Gasteiger partial charge in [0.2, 0.25) is 0 Å². The molecule has 6 nitrogen and oxygen atoms in total. The molecule has 0 radical (unpaired) electrons. The Hall–Kier alpha value is -1.47. The van der Waals surface area contributed by atoms with Gasteiger partial charge in [0.05, 0.1) is 13.7 Å². The third-order valence-corrected chi connectivity index (χ3v) is 5.52. The fourth-order valence-corrected chi connectivity index (χ4v) is 4.02. The van der Waals surface area contributed by atoms with Crippen LogP contribution in [0.5, 0.6) is 0 Å². The second kappa shape index (κ2) is 8.05. The Morgan fingerprint density at radius 3 is 2.62 bits per heavy atom. The highest BCUT2D eigenvalue weighted by atomic mass is 16.8. The maximum Gasteiger partial charge on any atom is 0.341 e. The summed E-state index contributed by atoms with van der Waals surface area (Å²) in [5.74, 6) is -1.97. The van der Waals surface area contributed by atoms with E-state index in [0.29, 0.717) is 6.42 Å². The van der Waals surface area contributed by atoms with Crippen LogP contribution in [0.4, 0.5) is 0 Å². The quantitative estimate of drug-likeness (QED) is 0.542. The highest BCUT2D eigenvalue weighted by molar-refractivity contribution is 5.81. The molecule has 1 unspecified atom stereocenters. The third-order valence-electron chi connectivity index (χ3n) is 5.52. The van der Waals surface area contributed by atoms with E-state index in [4.69, 9.17) is 14.2 Å². The van der Waals surface area contributed by atoms with E-state index in [9.17, 15) is 15.0 Å². The van der Waals surface area contributed by atoms with Crippen molar-refractivity contribution in [3.63, 3.8) is 0 Å². The van der Waals surface area contributed by atoms with Crippen molar-refractivity contribution in [3.05, 3.63) is 35.9 Å². The van der Waals surface area contributed by atoms with Crippen LogP contribution in [0.2, 0.25) is 0 Å². The molecule has 2 aliphatic heterocycles. The molecule has 0 saturated carbocycles. The molecule has 26 heavy (non-hydrogen) atoms. The lowest BCUT2D eigenvalue weighted by Gasteiger charge is -2.38. The molecule has 2 heterocycles.